The van der Waals surface area contributed by atoms with Gasteiger partial charge in [0.2, 0.25) is 0 Å². The lowest BCUT2D eigenvalue weighted by Gasteiger charge is -2.38. The molecule has 2 aromatic carbocycles. The number of benzene rings is 2. The van der Waals surface area contributed by atoms with E-state index >= 15 is 0 Å². The topological polar surface area (TPSA) is 30.5 Å². The summed E-state index contributed by atoms with van der Waals surface area (Å²) in [5.74, 6) is 1.74. The minimum atomic E-state index is 0.304. The molecule has 21 heavy (non-hydrogen) atoms. The molecule has 2 aromatic rings. The monoisotopic (exact) mass is 283 g/mol. The highest BCUT2D eigenvalue weighted by Gasteiger charge is 2.32. The molecule has 3 nitrogen and oxygen atoms in total. The number of rotatable bonds is 6. The summed E-state index contributed by atoms with van der Waals surface area (Å²) in [7, 11) is 0. The Labute approximate surface area is 125 Å². The van der Waals surface area contributed by atoms with E-state index in [2.05, 4.69) is 24.4 Å². The third-order valence-corrected chi connectivity index (χ3v) is 3.66. The summed E-state index contributed by atoms with van der Waals surface area (Å²) >= 11 is 0. The van der Waals surface area contributed by atoms with E-state index in [1.165, 1.54) is 5.56 Å². The Morgan fingerprint density at radius 1 is 1.05 bits per heavy atom. The third kappa shape index (κ3) is 3.84. The van der Waals surface area contributed by atoms with Gasteiger partial charge < -0.3 is 14.8 Å². The van der Waals surface area contributed by atoms with Crippen LogP contribution in [0.1, 0.15) is 12.5 Å². The van der Waals surface area contributed by atoms with E-state index in [1.807, 2.05) is 42.5 Å². The minimum absolute atomic E-state index is 0.304. The second-order valence-corrected chi connectivity index (χ2v) is 5.97. The first-order valence-corrected chi connectivity index (χ1v) is 7.34. The zero-order chi connectivity index (χ0) is 14.5. The summed E-state index contributed by atoms with van der Waals surface area (Å²) in [6.07, 6.45) is 0. The molecule has 0 radical (unpaired) electrons. The van der Waals surface area contributed by atoms with Crippen LogP contribution in [0, 0.1) is 5.41 Å². The van der Waals surface area contributed by atoms with Crippen molar-refractivity contribution in [3.05, 3.63) is 60.2 Å². The molecule has 1 saturated heterocycles. The normalized spacial score (nSPS) is 16.2. The first-order valence-electron chi connectivity index (χ1n) is 7.34. The smallest absolute Gasteiger partial charge is 0.127 e. The van der Waals surface area contributed by atoms with Crippen LogP contribution in [-0.4, -0.2) is 19.8 Å². The number of ether oxygens (including phenoxy) is 2. The van der Waals surface area contributed by atoms with Crippen molar-refractivity contribution in [1.82, 2.24) is 5.32 Å². The van der Waals surface area contributed by atoms with Crippen molar-refractivity contribution in [2.24, 2.45) is 5.41 Å². The van der Waals surface area contributed by atoms with E-state index in [9.17, 15) is 0 Å². The summed E-state index contributed by atoms with van der Waals surface area (Å²) in [4.78, 5) is 0. The maximum atomic E-state index is 5.85. The Bertz CT molecular complexity index is 579. The molecule has 0 bridgehead atoms. The van der Waals surface area contributed by atoms with Gasteiger partial charge in [0.15, 0.2) is 0 Å². The van der Waals surface area contributed by atoms with Gasteiger partial charge in [-0.2, -0.15) is 0 Å². The van der Waals surface area contributed by atoms with Crippen molar-refractivity contribution >= 4 is 0 Å². The SMILES string of the molecule is CC1(CNCc2cccc(Oc3ccccc3)c2)COC1. The molecular weight excluding hydrogens is 262 g/mol. The molecule has 3 heteroatoms. The van der Waals surface area contributed by atoms with Gasteiger partial charge in [0, 0.05) is 18.5 Å². The van der Waals surface area contributed by atoms with Crippen LogP contribution in [0.2, 0.25) is 0 Å². The lowest BCUT2D eigenvalue weighted by Crippen LogP contribution is -2.47. The predicted octanol–water partition coefficient (Wildman–Crippen LogP) is 3.61. The van der Waals surface area contributed by atoms with E-state index < -0.39 is 0 Å². The van der Waals surface area contributed by atoms with Crippen molar-refractivity contribution in [2.45, 2.75) is 13.5 Å². The Hall–Kier alpha value is -1.84. The van der Waals surface area contributed by atoms with Gasteiger partial charge in [-0.05, 0) is 29.8 Å². The van der Waals surface area contributed by atoms with Crippen LogP contribution in [0.25, 0.3) is 0 Å². The van der Waals surface area contributed by atoms with Crippen molar-refractivity contribution in [1.29, 1.82) is 0 Å². The highest BCUT2D eigenvalue weighted by atomic mass is 16.5. The Morgan fingerprint density at radius 3 is 2.52 bits per heavy atom. The summed E-state index contributed by atoms with van der Waals surface area (Å²) in [5, 5.41) is 3.50. The maximum absolute atomic E-state index is 5.85. The van der Waals surface area contributed by atoms with E-state index in [1.54, 1.807) is 0 Å². The van der Waals surface area contributed by atoms with Crippen molar-refractivity contribution in [3.63, 3.8) is 0 Å². The van der Waals surface area contributed by atoms with Crippen LogP contribution in [-0.2, 0) is 11.3 Å². The molecule has 0 unspecified atom stereocenters. The fourth-order valence-electron chi connectivity index (χ4n) is 2.40. The number of nitrogens with one attached hydrogen (secondary N) is 1. The average molecular weight is 283 g/mol. The standard InChI is InChI=1S/C18H21NO2/c1-18(13-20-14-18)12-19-11-15-6-5-9-17(10-15)21-16-7-3-2-4-8-16/h2-10,19H,11-14H2,1H3. The van der Waals surface area contributed by atoms with E-state index in [0.29, 0.717) is 5.41 Å². The fraction of sp³-hybridized carbons (Fsp3) is 0.333. The van der Waals surface area contributed by atoms with Gasteiger partial charge in [0.05, 0.1) is 13.2 Å². The van der Waals surface area contributed by atoms with Gasteiger partial charge in [-0.1, -0.05) is 37.3 Å². The molecule has 1 heterocycles. The third-order valence-electron chi connectivity index (χ3n) is 3.66. The molecular formula is C18H21NO2. The molecule has 0 amide bonds. The largest absolute Gasteiger partial charge is 0.457 e. The van der Waals surface area contributed by atoms with Gasteiger partial charge in [0.25, 0.3) is 0 Å². The fourth-order valence-corrected chi connectivity index (χ4v) is 2.40. The summed E-state index contributed by atoms with van der Waals surface area (Å²) < 4.78 is 11.1. The maximum Gasteiger partial charge on any atom is 0.127 e. The van der Waals surface area contributed by atoms with Crippen LogP contribution in [0.5, 0.6) is 11.5 Å². The van der Waals surface area contributed by atoms with Gasteiger partial charge in [-0.3, -0.25) is 0 Å². The number of hydrogen-bond donors (Lipinski definition) is 1. The van der Waals surface area contributed by atoms with Gasteiger partial charge in [0.1, 0.15) is 11.5 Å². The molecule has 0 atom stereocenters. The minimum Gasteiger partial charge on any atom is -0.457 e. The zero-order valence-corrected chi connectivity index (χ0v) is 12.3. The molecule has 1 fully saturated rings. The highest BCUT2D eigenvalue weighted by molar-refractivity contribution is 5.33. The van der Waals surface area contributed by atoms with Crippen molar-refractivity contribution in [3.8, 4) is 11.5 Å². The molecule has 1 N–H and O–H groups in total. The Balaban J connectivity index is 1.55. The molecule has 0 saturated carbocycles. The molecule has 1 aliphatic rings. The average Bonchev–Trinajstić information content (AvgIpc) is 2.47. The van der Waals surface area contributed by atoms with E-state index in [4.69, 9.17) is 9.47 Å². The van der Waals surface area contributed by atoms with Crippen molar-refractivity contribution in [2.75, 3.05) is 19.8 Å². The lowest BCUT2D eigenvalue weighted by molar-refractivity contribution is -0.0991. The first-order chi connectivity index (χ1) is 10.2. The van der Waals surface area contributed by atoms with Crippen LogP contribution in [0.4, 0.5) is 0 Å². The summed E-state index contributed by atoms with van der Waals surface area (Å²) in [6, 6.07) is 18.1. The molecule has 110 valence electrons. The molecule has 0 aliphatic carbocycles. The van der Waals surface area contributed by atoms with Gasteiger partial charge >= 0.3 is 0 Å². The first kappa shape index (κ1) is 14.1. The van der Waals surface area contributed by atoms with Gasteiger partial charge in [-0.25, -0.2) is 0 Å². The predicted molar refractivity (Wildman–Crippen MR) is 83.6 cm³/mol. The molecule has 3 rings (SSSR count). The van der Waals surface area contributed by atoms with Crippen LogP contribution >= 0.6 is 0 Å². The van der Waals surface area contributed by atoms with Crippen LogP contribution in [0.15, 0.2) is 54.6 Å². The lowest BCUT2D eigenvalue weighted by atomic mass is 9.89. The summed E-state index contributed by atoms with van der Waals surface area (Å²) in [5.41, 5.74) is 1.53. The zero-order valence-electron chi connectivity index (χ0n) is 12.3. The van der Waals surface area contributed by atoms with Crippen LogP contribution < -0.4 is 10.1 Å². The Kier molecular flexibility index (Phi) is 4.23. The second kappa shape index (κ2) is 6.29. The molecule has 0 aromatic heterocycles. The van der Waals surface area contributed by atoms with E-state index in [-0.39, 0.29) is 0 Å². The Morgan fingerprint density at radius 2 is 1.81 bits per heavy atom. The molecule has 1 aliphatic heterocycles. The second-order valence-electron chi connectivity index (χ2n) is 5.97. The number of hydrogen-bond acceptors (Lipinski definition) is 3. The van der Waals surface area contributed by atoms with E-state index in [0.717, 1.165) is 37.8 Å². The summed E-state index contributed by atoms with van der Waals surface area (Å²) in [6.45, 7) is 5.80. The van der Waals surface area contributed by atoms with Crippen LogP contribution in [0.3, 0.4) is 0 Å². The van der Waals surface area contributed by atoms with Gasteiger partial charge in [-0.15, -0.1) is 0 Å². The van der Waals surface area contributed by atoms with Crippen molar-refractivity contribution < 1.29 is 9.47 Å². The molecule has 0 spiro atoms. The highest BCUT2D eigenvalue weighted by Crippen LogP contribution is 2.25. The number of para-hydroxylation sites is 1. The quantitative estimate of drug-likeness (QED) is 0.878.